The average molecular weight is 413 g/mol. The first-order chi connectivity index (χ1) is 14.6. The Hall–Kier alpha value is -2.44. The molecular weight excluding hydrogens is 383 g/mol. The first-order valence-electron chi connectivity index (χ1n) is 10.7. The van der Waals surface area contributed by atoms with Gasteiger partial charge in [0, 0.05) is 32.6 Å². The highest BCUT2D eigenvalue weighted by Crippen LogP contribution is 2.28. The average Bonchev–Trinajstić information content (AvgIpc) is 2.79. The molecule has 30 heavy (non-hydrogen) atoms. The number of carbonyl (C=O) groups is 1. The summed E-state index contributed by atoms with van der Waals surface area (Å²) in [4.78, 5) is 16.8. The lowest BCUT2D eigenvalue weighted by molar-refractivity contribution is -0.00355. The Morgan fingerprint density at radius 2 is 1.63 bits per heavy atom. The Morgan fingerprint density at radius 3 is 2.27 bits per heavy atom. The largest absolute Gasteiger partial charge is 0.446 e. The van der Waals surface area contributed by atoms with Gasteiger partial charge in [-0.25, -0.2) is 9.18 Å². The number of hydrogen-bond donors (Lipinski definition) is 0. The molecule has 0 bridgehead atoms. The second kappa shape index (κ2) is 9.58. The molecule has 2 saturated heterocycles. The van der Waals surface area contributed by atoms with E-state index in [1.807, 2.05) is 31.2 Å². The van der Waals surface area contributed by atoms with Crippen molar-refractivity contribution in [2.45, 2.75) is 31.9 Å². The number of amides is 1. The molecule has 0 radical (unpaired) electrons. The lowest BCUT2D eigenvalue weighted by Gasteiger charge is -2.36. The van der Waals surface area contributed by atoms with Crippen LogP contribution in [0.3, 0.4) is 0 Å². The second-order valence-corrected chi connectivity index (χ2v) is 8.04. The number of cyclic esters (lactones) is 1. The van der Waals surface area contributed by atoms with Crippen molar-refractivity contribution in [2.24, 2.45) is 0 Å². The standard InChI is InChI=1S/C24H29FN2O3/c1-18(19-2-4-20(5-3-19)21-6-8-22(25)9-7-21)27-13-11-23(30-24(27)28)10-12-26-14-16-29-17-15-26/h2-9,18,23H,10-17H2,1H3. The van der Waals surface area contributed by atoms with E-state index >= 15 is 0 Å². The molecule has 2 atom stereocenters. The van der Waals surface area contributed by atoms with E-state index in [0.29, 0.717) is 6.54 Å². The van der Waals surface area contributed by atoms with Crippen molar-refractivity contribution in [1.29, 1.82) is 0 Å². The van der Waals surface area contributed by atoms with Gasteiger partial charge < -0.3 is 14.4 Å². The number of nitrogens with zero attached hydrogens (tertiary/aromatic N) is 2. The topological polar surface area (TPSA) is 42.0 Å². The van der Waals surface area contributed by atoms with Crippen LogP contribution in [0.5, 0.6) is 0 Å². The van der Waals surface area contributed by atoms with Crippen molar-refractivity contribution >= 4 is 6.09 Å². The summed E-state index contributed by atoms with van der Waals surface area (Å²) in [5.74, 6) is -0.240. The van der Waals surface area contributed by atoms with E-state index in [4.69, 9.17) is 9.47 Å². The Morgan fingerprint density at radius 1 is 1.00 bits per heavy atom. The molecule has 0 aliphatic carbocycles. The maximum absolute atomic E-state index is 13.1. The maximum atomic E-state index is 13.1. The second-order valence-electron chi connectivity index (χ2n) is 8.04. The quantitative estimate of drug-likeness (QED) is 0.701. The lowest BCUT2D eigenvalue weighted by atomic mass is 10.00. The van der Waals surface area contributed by atoms with Crippen molar-refractivity contribution in [3.63, 3.8) is 0 Å². The highest BCUT2D eigenvalue weighted by atomic mass is 19.1. The molecule has 160 valence electrons. The summed E-state index contributed by atoms with van der Waals surface area (Å²) in [5, 5.41) is 0. The molecule has 0 N–H and O–H groups in total. The van der Waals surface area contributed by atoms with Crippen LogP contribution in [-0.2, 0) is 9.47 Å². The lowest BCUT2D eigenvalue weighted by Crippen LogP contribution is -2.45. The van der Waals surface area contributed by atoms with Crippen molar-refractivity contribution in [1.82, 2.24) is 9.80 Å². The minimum atomic E-state index is -0.240. The van der Waals surface area contributed by atoms with E-state index in [1.54, 1.807) is 17.0 Å². The van der Waals surface area contributed by atoms with Crippen LogP contribution in [0.2, 0.25) is 0 Å². The molecule has 2 aliphatic rings. The first kappa shape index (κ1) is 20.8. The number of rotatable bonds is 6. The summed E-state index contributed by atoms with van der Waals surface area (Å²) in [6.45, 7) is 7.16. The van der Waals surface area contributed by atoms with Crippen molar-refractivity contribution in [3.05, 3.63) is 59.9 Å². The van der Waals surface area contributed by atoms with Crippen LogP contribution in [0, 0.1) is 5.82 Å². The molecule has 0 aromatic heterocycles. The van der Waals surface area contributed by atoms with Gasteiger partial charge in [-0.2, -0.15) is 0 Å². The molecule has 1 amide bonds. The summed E-state index contributed by atoms with van der Waals surface area (Å²) in [6.07, 6.45) is 1.49. The Labute approximate surface area is 177 Å². The fourth-order valence-electron chi connectivity index (χ4n) is 4.13. The zero-order valence-electron chi connectivity index (χ0n) is 17.4. The molecule has 2 aromatic rings. The van der Waals surface area contributed by atoms with Gasteiger partial charge in [0.15, 0.2) is 0 Å². The van der Waals surface area contributed by atoms with Gasteiger partial charge in [-0.05, 0) is 42.2 Å². The highest BCUT2D eigenvalue weighted by Gasteiger charge is 2.31. The van der Waals surface area contributed by atoms with Crippen LogP contribution >= 0.6 is 0 Å². The van der Waals surface area contributed by atoms with Gasteiger partial charge in [0.05, 0.1) is 19.3 Å². The third-order valence-electron chi connectivity index (χ3n) is 6.10. The van der Waals surface area contributed by atoms with E-state index in [9.17, 15) is 9.18 Å². The van der Waals surface area contributed by atoms with E-state index in [2.05, 4.69) is 4.90 Å². The number of benzene rings is 2. The van der Waals surface area contributed by atoms with Gasteiger partial charge >= 0.3 is 6.09 Å². The molecule has 5 nitrogen and oxygen atoms in total. The molecule has 0 spiro atoms. The summed E-state index contributed by atoms with van der Waals surface area (Å²) in [6, 6.07) is 14.5. The van der Waals surface area contributed by atoms with E-state index in [1.165, 1.54) is 12.1 Å². The van der Waals surface area contributed by atoms with Crippen LogP contribution in [-0.4, -0.2) is 61.4 Å². The maximum Gasteiger partial charge on any atom is 0.410 e. The highest BCUT2D eigenvalue weighted by molar-refractivity contribution is 5.69. The summed E-state index contributed by atoms with van der Waals surface area (Å²) < 4.78 is 24.2. The molecule has 2 heterocycles. The minimum absolute atomic E-state index is 0.00959. The normalized spacial score (nSPS) is 21.3. The fraction of sp³-hybridized carbons (Fsp3) is 0.458. The van der Waals surface area contributed by atoms with Gasteiger partial charge in [-0.3, -0.25) is 4.90 Å². The van der Waals surface area contributed by atoms with Gasteiger partial charge in [-0.1, -0.05) is 36.4 Å². The van der Waals surface area contributed by atoms with Gasteiger partial charge in [0.2, 0.25) is 0 Å². The van der Waals surface area contributed by atoms with Crippen LogP contribution in [0.15, 0.2) is 48.5 Å². The molecule has 2 aromatic carbocycles. The van der Waals surface area contributed by atoms with Crippen LogP contribution < -0.4 is 0 Å². The Bertz CT molecular complexity index is 835. The molecule has 6 heteroatoms. The third-order valence-corrected chi connectivity index (χ3v) is 6.10. The van der Waals surface area contributed by atoms with Gasteiger partial charge in [0.1, 0.15) is 11.9 Å². The summed E-state index contributed by atoms with van der Waals surface area (Å²) in [7, 11) is 0. The zero-order chi connectivity index (χ0) is 20.9. The molecule has 2 unspecified atom stereocenters. The van der Waals surface area contributed by atoms with E-state index < -0.39 is 0 Å². The van der Waals surface area contributed by atoms with Crippen LogP contribution in [0.1, 0.15) is 31.4 Å². The van der Waals surface area contributed by atoms with Crippen LogP contribution in [0.4, 0.5) is 9.18 Å². The van der Waals surface area contributed by atoms with Gasteiger partial charge in [-0.15, -0.1) is 0 Å². The number of halogens is 1. The number of carbonyl (C=O) groups excluding carboxylic acids is 1. The summed E-state index contributed by atoms with van der Waals surface area (Å²) in [5.41, 5.74) is 3.05. The third kappa shape index (κ3) is 4.99. The van der Waals surface area contributed by atoms with Gasteiger partial charge in [0.25, 0.3) is 0 Å². The Balaban J connectivity index is 1.31. The van der Waals surface area contributed by atoms with E-state index in [-0.39, 0.29) is 24.1 Å². The van der Waals surface area contributed by atoms with Crippen LogP contribution in [0.25, 0.3) is 11.1 Å². The predicted molar refractivity (Wildman–Crippen MR) is 114 cm³/mol. The number of ether oxygens (including phenoxy) is 2. The van der Waals surface area contributed by atoms with E-state index in [0.717, 1.165) is 62.4 Å². The first-order valence-corrected chi connectivity index (χ1v) is 10.7. The molecule has 2 fully saturated rings. The molecule has 0 saturated carbocycles. The summed E-state index contributed by atoms with van der Waals surface area (Å²) >= 11 is 0. The number of hydrogen-bond acceptors (Lipinski definition) is 4. The monoisotopic (exact) mass is 412 g/mol. The predicted octanol–water partition coefficient (Wildman–Crippen LogP) is 4.49. The van der Waals surface area contributed by atoms with Crippen molar-refractivity contribution < 1.29 is 18.7 Å². The molecule has 4 rings (SSSR count). The molecular formula is C24H29FN2O3. The smallest absolute Gasteiger partial charge is 0.410 e. The fourth-order valence-corrected chi connectivity index (χ4v) is 4.13. The van der Waals surface area contributed by atoms with Crippen molar-refractivity contribution in [3.8, 4) is 11.1 Å². The SMILES string of the molecule is CC(c1ccc(-c2ccc(F)cc2)cc1)N1CCC(CCN2CCOCC2)OC1=O. The number of morpholine rings is 1. The minimum Gasteiger partial charge on any atom is -0.446 e. The van der Waals surface area contributed by atoms with Crippen molar-refractivity contribution in [2.75, 3.05) is 39.4 Å². The Kier molecular flexibility index (Phi) is 6.65. The zero-order valence-corrected chi connectivity index (χ0v) is 17.4. The molecule has 2 aliphatic heterocycles.